The van der Waals surface area contributed by atoms with Gasteiger partial charge in [0.15, 0.2) is 0 Å². The molecule has 1 aromatic heterocycles. The minimum Gasteiger partial charge on any atom is -0.483 e. The molecule has 9 heteroatoms. The van der Waals surface area contributed by atoms with E-state index >= 15 is 0 Å². The standard InChI is InChI=1S/C23H32N4O4S/c1-18(2)32(29,30)26-15-13-25(14-16-26)21-17-24-27(19-9-5-3-6-10-19)23(28)22(21)31-20-11-7-4-8-12-20/h3,5-6,9-10,17-18,20H,4,7-8,11-16H2,1-2H3. The number of piperazine rings is 1. The lowest BCUT2D eigenvalue weighted by molar-refractivity contribution is 0.152. The van der Waals surface area contributed by atoms with Crippen molar-refractivity contribution < 1.29 is 13.2 Å². The van der Waals surface area contributed by atoms with E-state index in [1.54, 1.807) is 20.0 Å². The van der Waals surface area contributed by atoms with E-state index in [4.69, 9.17) is 4.74 Å². The SMILES string of the molecule is CC(C)S(=O)(=O)N1CCN(c2cnn(-c3ccccc3)c(=O)c2OC2CCCCC2)CC1. The lowest BCUT2D eigenvalue weighted by Crippen LogP contribution is -2.50. The van der Waals surface area contributed by atoms with Crippen LogP contribution in [0.3, 0.4) is 0 Å². The van der Waals surface area contributed by atoms with Crippen LogP contribution in [0.15, 0.2) is 41.3 Å². The maximum absolute atomic E-state index is 13.5. The first-order chi connectivity index (χ1) is 15.4. The number of sulfonamides is 1. The van der Waals surface area contributed by atoms with Gasteiger partial charge in [-0.1, -0.05) is 24.6 Å². The Bertz CT molecular complexity index is 1070. The Labute approximate surface area is 189 Å². The van der Waals surface area contributed by atoms with E-state index in [0.717, 1.165) is 25.7 Å². The number of anilines is 1. The van der Waals surface area contributed by atoms with Crippen LogP contribution >= 0.6 is 0 Å². The molecule has 32 heavy (non-hydrogen) atoms. The van der Waals surface area contributed by atoms with E-state index in [1.807, 2.05) is 35.2 Å². The van der Waals surface area contributed by atoms with Gasteiger partial charge in [0.25, 0.3) is 0 Å². The third kappa shape index (κ3) is 4.68. The maximum atomic E-state index is 13.5. The summed E-state index contributed by atoms with van der Waals surface area (Å²) in [6, 6.07) is 9.32. The van der Waals surface area contributed by atoms with E-state index in [9.17, 15) is 13.2 Å². The van der Waals surface area contributed by atoms with Crippen LogP contribution in [-0.4, -0.2) is 60.0 Å². The largest absolute Gasteiger partial charge is 0.483 e. The molecule has 0 N–H and O–H groups in total. The number of aromatic nitrogens is 2. The van der Waals surface area contributed by atoms with E-state index in [1.165, 1.54) is 15.4 Å². The highest BCUT2D eigenvalue weighted by Crippen LogP contribution is 2.30. The second kappa shape index (κ2) is 9.62. The Morgan fingerprint density at radius 2 is 1.66 bits per heavy atom. The number of ether oxygens (including phenoxy) is 1. The number of para-hydroxylation sites is 1. The van der Waals surface area contributed by atoms with Gasteiger partial charge in [0.2, 0.25) is 15.8 Å². The molecule has 0 bridgehead atoms. The van der Waals surface area contributed by atoms with Gasteiger partial charge in [-0.3, -0.25) is 4.79 Å². The van der Waals surface area contributed by atoms with Crippen molar-refractivity contribution in [1.82, 2.24) is 14.1 Å². The number of hydrogen-bond donors (Lipinski definition) is 0. The highest BCUT2D eigenvalue weighted by molar-refractivity contribution is 7.89. The third-order valence-corrected chi connectivity index (χ3v) is 8.56. The molecule has 2 fully saturated rings. The minimum atomic E-state index is -3.30. The van der Waals surface area contributed by atoms with Crippen molar-refractivity contribution in [3.8, 4) is 11.4 Å². The van der Waals surface area contributed by atoms with Crippen LogP contribution in [0, 0.1) is 0 Å². The lowest BCUT2D eigenvalue weighted by Gasteiger charge is -2.36. The van der Waals surface area contributed by atoms with Crippen LogP contribution in [0.1, 0.15) is 46.0 Å². The smallest absolute Gasteiger partial charge is 0.316 e. The Morgan fingerprint density at radius 1 is 1.00 bits per heavy atom. The first kappa shape index (κ1) is 22.8. The molecule has 2 aromatic rings. The van der Waals surface area contributed by atoms with Crippen LogP contribution in [0.25, 0.3) is 5.69 Å². The third-order valence-electron chi connectivity index (χ3n) is 6.29. The van der Waals surface area contributed by atoms with Gasteiger partial charge in [-0.25, -0.2) is 8.42 Å². The zero-order chi connectivity index (χ0) is 22.7. The second-order valence-electron chi connectivity index (χ2n) is 8.77. The van der Waals surface area contributed by atoms with Crippen LogP contribution in [0.4, 0.5) is 5.69 Å². The highest BCUT2D eigenvalue weighted by atomic mass is 32.2. The Balaban J connectivity index is 1.64. The first-order valence-electron chi connectivity index (χ1n) is 11.5. The molecule has 1 aliphatic carbocycles. The minimum absolute atomic E-state index is 0.0180. The molecule has 0 radical (unpaired) electrons. The zero-order valence-corrected chi connectivity index (χ0v) is 19.6. The van der Waals surface area contributed by atoms with Crippen molar-refractivity contribution in [3.05, 3.63) is 46.9 Å². The van der Waals surface area contributed by atoms with Crippen LogP contribution in [-0.2, 0) is 10.0 Å². The maximum Gasteiger partial charge on any atom is 0.316 e. The monoisotopic (exact) mass is 460 g/mol. The number of rotatable bonds is 6. The molecule has 174 valence electrons. The summed E-state index contributed by atoms with van der Waals surface area (Å²) in [5, 5.41) is 3.98. The van der Waals surface area contributed by atoms with Crippen molar-refractivity contribution in [2.45, 2.75) is 57.3 Å². The molecule has 0 atom stereocenters. The Morgan fingerprint density at radius 3 is 2.28 bits per heavy atom. The summed E-state index contributed by atoms with van der Waals surface area (Å²) >= 11 is 0. The summed E-state index contributed by atoms with van der Waals surface area (Å²) in [7, 11) is -3.30. The predicted octanol–water partition coefficient (Wildman–Crippen LogP) is 2.80. The molecule has 1 aromatic carbocycles. The van der Waals surface area contributed by atoms with Gasteiger partial charge < -0.3 is 9.64 Å². The summed E-state index contributed by atoms with van der Waals surface area (Å²) in [4.78, 5) is 15.5. The summed E-state index contributed by atoms with van der Waals surface area (Å²) in [6.07, 6.45) is 6.97. The summed E-state index contributed by atoms with van der Waals surface area (Å²) in [5.74, 6) is 0.316. The summed E-state index contributed by atoms with van der Waals surface area (Å²) < 4.78 is 34.3. The van der Waals surface area contributed by atoms with Gasteiger partial charge >= 0.3 is 5.56 Å². The molecule has 1 saturated carbocycles. The van der Waals surface area contributed by atoms with Crippen LogP contribution < -0.4 is 15.2 Å². The van der Waals surface area contributed by atoms with Gasteiger partial charge in [0.1, 0.15) is 5.69 Å². The van der Waals surface area contributed by atoms with Gasteiger partial charge in [-0.2, -0.15) is 14.1 Å². The first-order valence-corrected chi connectivity index (χ1v) is 13.0. The molecular weight excluding hydrogens is 428 g/mol. The fourth-order valence-electron chi connectivity index (χ4n) is 4.35. The van der Waals surface area contributed by atoms with E-state index in [-0.39, 0.29) is 11.7 Å². The van der Waals surface area contributed by atoms with Crippen molar-refractivity contribution in [1.29, 1.82) is 0 Å². The summed E-state index contributed by atoms with van der Waals surface area (Å²) in [5.41, 5.74) is 1.05. The van der Waals surface area contributed by atoms with Gasteiger partial charge in [-0.05, 0) is 51.7 Å². The topological polar surface area (TPSA) is 84.7 Å². The van der Waals surface area contributed by atoms with E-state index in [2.05, 4.69) is 5.10 Å². The number of nitrogens with zero attached hydrogens (tertiary/aromatic N) is 4. The molecule has 2 aliphatic rings. The number of hydrogen-bond acceptors (Lipinski definition) is 6. The second-order valence-corrected chi connectivity index (χ2v) is 11.3. The van der Waals surface area contributed by atoms with E-state index < -0.39 is 15.3 Å². The van der Waals surface area contributed by atoms with E-state index in [0.29, 0.717) is 43.3 Å². The highest BCUT2D eigenvalue weighted by Gasteiger charge is 2.31. The van der Waals surface area contributed by atoms with Crippen molar-refractivity contribution >= 4 is 15.7 Å². The van der Waals surface area contributed by atoms with Crippen molar-refractivity contribution in [2.75, 3.05) is 31.1 Å². The fraction of sp³-hybridized carbons (Fsp3) is 0.565. The fourth-order valence-corrected chi connectivity index (χ4v) is 5.62. The molecule has 0 unspecified atom stereocenters. The molecule has 0 amide bonds. The molecule has 0 spiro atoms. The molecule has 4 rings (SSSR count). The molecule has 8 nitrogen and oxygen atoms in total. The van der Waals surface area contributed by atoms with Crippen molar-refractivity contribution in [3.63, 3.8) is 0 Å². The Hall–Kier alpha value is -2.39. The molecule has 1 aliphatic heterocycles. The van der Waals surface area contributed by atoms with Crippen molar-refractivity contribution in [2.24, 2.45) is 0 Å². The van der Waals surface area contributed by atoms with Gasteiger partial charge in [-0.15, -0.1) is 0 Å². The quantitative estimate of drug-likeness (QED) is 0.659. The summed E-state index contributed by atoms with van der Waals surface area (Å²) in [6.45, 7) is 5.14. The van der Waals surface area contributed by atoms with Gasteiger partial charge in [0, 0.05) is 26.2 Å². The lowest BCUT2D eigenvalue weighted by atomic mass is 9.98. The van der Waals surface area contributed by atoms with Crippen LogP contribution in [0.5, 0.6) is 5.75 Å². The average Bonchev–Trinajstić information content (AvgIpc) is 2.81. The average molecular weight is 461 g/mol. The normalized spacial score (nSPS) is 18.8. The molecule has 1 saturated heterocycles. The predicted molar refractivity (Wildman–Crippen MR) is 125 cm³/mol. The molecular formula is C23H32N4O4S. The Kier molecular flexibility index (Phi) is 6.85. The zero-order valence-electron chi connectivity index (χ0n) is 18.8. The van der Waals surface area contributed by atoms with Gasteiger partial charge in [0.05, 0.1) is 23.2 Å². The van der Waals surface area contributed by atoms with Crippen LogP contribution in [0.2, 0.25) is 0 Å². The molecule has 2 heterocycles. The number of benzene rings is 1.